The summed E-state index contributed by atoms with van der Waals surface area (Å²) in [5.74, 6) is 2.28. The highest BCUT2D eigenvalue weighted by molar-refractivity contribution is 8.00. The Labute approximate surface area is 121 Å². The van der Waals surface area contributed by atoms with Crippen LogP contribution in [0.3, 0.4) is 0 Å². The number of thioether (sulfide) groups is 1. The van der Waals surface area contributed by atoms with Gasteiger partial charge in [0.05, 0.1) is 0 Å². The maximum Gasteiger partial charge on any atom is 0.223 e. The summed E-state index contributed by atoms with van der Waals surface area (Å²) in [4.78, 5) is 16.6. The van der Waals surface area contributed by atoms with Crippen molar-refractivity contribution in [1.29, 1.82) is 0 Å². The molecule has 0 aromatic carbocycles. The van der Waals surface area contributed by atoms with E-state index in [9.17, 15) is 4.79 Å². The lowest BCUT2D eigenvalue weighted by atomic mass is 10.1. The minimum absolute atomic E-state index is 0.334. The Bertz CT molecular complexity index is 292. The molecule has 1 amide bonds. The summed E-state index contributed by atoms with van der Waals surface area (Å²) in [6.07, 6.45) is 0.690. The Kier molecular flexibility index (Phi) is 5.98. The van der Waals surface area contributed by atoms with Gasteiger partial charge < -0.3 is 15.1 Å². The fourth-order valence-electron chi connectivity index (χ4n) is 2.66. The number of hydrogen-bond acceptors (Lipinski definition) is 4. The maximum absolute atomic E-state index is 12.1. The molecule has 2 rings (SSSR count). The SMILES string of the molecule is CC(C)C1CN(CCC(=O)N2CCNCC2)CCS1. The van der Waals surface area contributed by atoms with Crippen molar-refractivity contribution in [2.75, 3.05) is 51.6 Å². The van der Waals surface area contributed by atoms with Gasteiger partial charge in [-0.15, -0.1) is 0 Å². The van der Waals surface area contributed by atoms with Crippen LogP contribution in [0.25, 0.3) is 0 Å². The van der Waals surface area contributed by atoms with Crippen molar-refractivity contribution in [3.8, 4) is 0 Å². The summed E-state index contributed by atoms with van der Waals surface area (Å²) in [6.45, 7) is 11.5. The second-order valence-electron chi connectivity index (χ2n) is 5.83. The zero-order valence-electron chi connectivity index (χ0n) is 12.2. The van der Waals surface area contributed by atoms with Crippen molar-refractivity contribution in [2.24, 2.45) is 5.92 Å². The van der Waals surface area contributed by atoms with E-state index in [1.807, 2.05) is 4.90 Å². The number of amides is 1. The Morgan fingerprint density at radius 3 is 2.74 bits per heavy atom. The van der Waals surface area contributed by atoms with Gasteiger partial charge in [-0.2, -0.15) is 11.8 Å². The Hall–Kier alpha value is -0.260. The molecule has 0 bridgehead atoms. The Morgan fingerprint density at radius 2 is 2.05 bits per heavy atom. The predicted molar refractivity (Wildman–Crippen MR) is 81.6 cm³/mol. The van der Waals surface area contributed by atoms with Gasteiger partial charge in [0.2, 0.25) is 5.91 Å². The quantitative estimate of drug-likeness (QED) is 0.832. The number of rotatable bonds is 4. The molecular weight excluding hydrogens is 258 g/mol. The summed E-state index contributed by atoms with van der Waals surface area (Å²) in [6, 6.07) is 0. The number of carbonyl (C=O) groups is 1. The standard InChI is InChI=1S/C14H27N3OS/c1-12(2)13-11-16(9-10-19-13)6-3-14(18)17-7-4-15-5-8-17/h12-13,15H,3-11H2,1-2H3. The van der Waals surface area contributed by atoms with E-state index in [1.165, 1.54) is 5.75 Å². The summed E-state index contributed by atoms with van der Waals surface area (Å²) >= 11 is 2.09. The lowest BCUT2D eigenvalue weighted by Gasteiger charge is -2.35. The van der Waals surface area contributed by atoms with Gasteiger partial charge in [-0.1, -0.05) is 13.8 Å². The zero-order valence-corrected chi connectivity index (χ0v) is 13.0. The molecule has 2 aliphatic heterocycles. The molecule has 2 heterocycles. The van der Waals surface area contributed by atoms with Gasteiger partial charge in [-0.25, -0.2) is 0 Å². The van der Waals surface area contributed by atoms with Crippen molar-refractivity contribution >= 4 is 17.7 Å². The molecule has 110 valence electrons. The third-order valence-corrected chi connectivity index (χ3v) is 5.57. The highest BCUT2D eigenvalue weighted by atomic mass is 32.2. The van der Waals surface area contributed by atoms with Crippen molar-refractivity contribution in [3.63, 3.8) is 0 Å². The molecule has 0 aromatic heterocycles. The van der Waals surface area contributed by atoms with E-state index in [-0.39, 0.29) is 0 Å². The van der Waals surface area contributed by atoms with Crippen molar-refractivity contribution in [2.45, 2.75) is 25.5 Å². The van der Waals surface area contributed by atoms with E-state index in [1.54, 1.807) is 0 Å². The molecule has 2 saturated heterocycles. The van der Waals surface area contributed by atoms with Crippen molar-refractivity contribution in [3.05, 3.63) is 0 Å². The fourth-order valence-corrected chi connectivity index (χ4v) is 4.03. The molecule has 0 spiro atoms. The fraction of sp³-hybridized carbons (Fsp3) is 0.929. The molecule has 0 aliphatic carbocycles. The van der Waals surface area contributed by atoms with E-state index in [0.29, 0.717) is 12.3 Å². The molecule has 1 N–H and O–H groups in total. The highest BCUT2D eigenvalue weighted by Gasteiger charge is 2.24. The molecule has 0 aromatic rings. The van der Waals surface area contributed by atoms with Gasteiger partial charge in [0.1, 0.15) is 0 Å². The highest BCUT2D eigenvalue weighted by Crippen LogP contribution is 2.24. The molecule has 5 heteroatoms. The van der Waals surface area contributed by atoms with Crippen LogP contribution in [0.1, 0.15) is 20.3 Å². The van der Waals surface area contributed by atoms with Gasteiger partial charge in [0, 0.05) is 63.2 Å². The first kappa shape index (κ1) is 15.1. The summed E-state index contributed by atoms with van der Waals surface area (Å²) < 4.78 is 0. The predicted octanol–water partition coefficient (Wildman–Crippen LogP) is 0.882. The van der Waals surface area contributed by atoms with Crippen LogP contribution in [-0.2, 0) is 4.79 Å². The van der Waals surface area contributed by atoms with Crippen LogP contribution in [0, 0.1) is 5.92 Å². The monoisotopic (exact) mass is 285 g/mol. The van der Waals surface area contributed by atoms with Crippen LogP contribution in [0.2, 0.25) is 0 Å². The van der Waals surface area contributed by atoms with E-state index in [2.05, 4.69) is 35.8 Å². The molecule has 0 saturated carbocycles. The van der Waals surface area contributed by atoms with Gasteiger partial charge in [-0.3, -0.25) is 4.79 Å². The maximum atomic E-state index is 12.1. The average Bonchev–Trinajstić information content (AvgIpc) is 2.46. The second kappa shape index (κ2) is 7.50. The molecular formula is C14H27N3OS. The van der Waals surface area contributed by atoms with Crippen molar-refractivity contribution < 1.29 is 4.79 Å². The van der Waals surface area contributed by atoms with Crippen molar-refractivity contribution in [1.82, 2.24) is 15.1 Å². The number of nitrogens with one attached hydrogen (secondary N) is 1. The van der Waals surface area contributed by atoms with Gasteiger partial charge in [-0.05, 0) is 5.92 Å². The molecule has 4 nitrogen and oxygen atoms in total. The van der Waals surface area contributed by atoms with Crippen LogP contribution in [0.4, 0.5) is 0 Å². The van der Waals surface area contributed by atoms with E-state index < -0.39 is 0 Å². The third-order valence-electron chi connectivity index (χ3n) is 4.03. The number of piperazine rings is 1. The summed E-state index contributed by atoms with van der Waals surface area (Å²) in [7, 11) is 0. The summed E-state index contributed by atoms with van der Waals surface area (Å²) in [5, 5.41) is 4.03. The minimum Gasteiger partial charge on any atom is -0.340 e. The van der Waals surface area contributed by atoms with Gasteiger partial charge in [0.15, 0.2) is 0 Å². The molecule has 19 heavy (non-hydrogen) atoms. The number of carbonyl (C=O) groups excluding carboxylic acids is 1. The smallest absolute Gasteiger partial charge is 0.223 e. The van der Waals surface area contributed by atoms with E-state index >= 15 is 0 Å². The number of hydrogen-bond donors (Lipinski definition) is 1. The minimum atomic E-state index is 0.334. The number of nitrogens with zero attached hydrogens (tertiary/aromatic N) is 2. The molecule has 0 radical (unpaired) electrons. The first-order valence-electron chi connectivity index (χ1n) is 7.49. The van der Waals surface area contributed by atoms with Crippen LogP contribution < -0.4 is 5.32 Å². The zero-order chi connectivity index (χ0) is 13.7. The van der Waals surface area contributed by atoms with Gasteiger partial charge >= 0.3 is 0 Å². The Balaban J connectivity index is 1.70. The van der Waals surface area contributed by atoms with Crippen LogP contribution in [0.5, 0.6) is 0 Å². The Morgan fingerprint density at radius 1 is 1.32 bits per heavy atom. The lowest BCUT2D eigenvalue weighted by molar-refractivity contribution is -0.132. The molecule has 2 aliphatic rings. The summed E-state index contributed by atoms with van der Waals surface area (Å²) in [5.41, 5.74) is 0. The lowest BCUT2D eigenvalue weighted by Crippen LogP contribution is -2.47. The molecule has 2 fully saturated rings. The average molecular weight is 285 g/mol. The van der Waals surface area contributed by atoms with Crippen LogP contribution >= 0.6 is 11.8 Å². The topological polar surface area (TPSA) is 35.6 Å². The molecule has 1 atom stereocenters. The normalized spacial score (nSPS) is 25.8. The molecule has 1 unspecified atom stereocenters. The first-order valence-corrected chi connectivity index (χ1v) is 8.54. The second-order valence-corrected chi connectivity index (χ2v) is 7.18. The third kappa shape index (κ3) is 4.65. The van der Waals surface area contributed by atoms with Crippen LogP contribution in [0.15, 0.2) is 0 Å². The van der Waals surface area contributed by atoms with E-state index in [0.717, 1.165) is 57.0 Å². The first-order chi connectivity index (χ1) is 9.16. The van der Waals surface area contributed by atoms with E-state index in [4.69, 9.17) is 0 Å². The largest absolute Gasteiger partial charge is 0.340 e. The van der Waals surface area contributed by atoms with Gasteiger partial charge in [0.25, 0.3) is 0 Å². The van der Waals surface area contributed by atoms with Crippen LogP contribution in [-0.4, -0.2) is 72.5 Å².